The molecule has 0 fully saturated rings. The van der Waals surface area contributed by atoms with Crippen LogP contribution in [-0.2, 0) is 6.54 Å². The van der Waals surface area contributed by atoms with Gasteiger partial charge in [0.1, 0.15) is 0 Å². The molecule has 0 bridgehead atoms. The molecular weight excluding hydrogens is 266 g/mol. The van der Waals surface area contributed by atoms with E-state index >= 15 is 0 Å². The topological polar surface area (TPSA) is 12.0 Å². The fraction of sp³-hybridized carbons (Fsp3) is 0.333. The van der Waals surface area contributed by atoms with E-state index in [9.17, 15) is 0 Å². The van der Waals surface area contributed by atoms with Crippen LogP contribution in [0, 0.1) is 5.41 Å². The lowest BCUT2D eigenvalue weighted by Crippen LogP contribution is -2.32. The van der Waals surface area contributed by atoms with Crippen molar-refractivity contribution in [2.24, 2.45) is 5.41 Å². The Morgan fingerprint density at radius 3 is 2.15 bits per heavy atom. The Morgan fingerprint density at radius 2 is 1.55 bits per heavy atom. The molecular formula is C18H22ClN. The first-order chi connectivity index (χ1) is 9.48. The van der Waals surface area contributed by atoms with Gasteiger partial charge in [0, 0.05) is 17.6 Å². The SMILES string of the molecule is CC(C)(C)C(NCc1ccccc1Cl)c1ccccc1. The van der Waals surface area contributed by atoms with Crippen molar-refractivity contribution < 1.29 is 0 Å². The molecule has 0 amide bonds. The molecule has 20 heavy (non-hydrogen) atoms. The van der Waals surface area contributed by atoms with Crippen LogP contribution < -0.4 is 5.32 Å². The van der Waals surface area contributed by atoms with Crippen molar-refractivity contribution in [1.82, 2.24) is 5.32 Å². The van der Waals surface area contributed by atoms with Gasteiger partial charge in [0.15, 0.2) is 0 Å². The molecule has 2 aromatic carbocycles. The van der Waals surface area contributed by atoms with Crippen LogP contribution in [0.25, 0.3) is 0 Å². The predicted octanol–water partition coefficient (Wildman–Crippen LogP) is 5.22. The van der Waals surface area contributed by atoms with Crippen LogP contribution in [0.5, 0.6) is 0 Å². The summed E-state index contributed by atoms with van der Waals surface area (Å²) in [4.78, 5) is 0. The summed E-state index contributed by atoms with van der Waals surface area (Å²) in [5.74, 6) is 0. The van der Waals surface area contributed by atoms with Gasteiger partial charge in [-0.1, -0.05) is 80.9 Å². The first-order valence-corrected chi connectivity index (χ1v) is 7.38. The van der Waals surface area contributed by atoms with E-state index in [1.54, 1.807) is 0 Å². The van der Waals surface area contributed by atoms with Crippen molar-refractivity contribution in [1.29, 1.82) is 0 Å². The summed E-state index contributed by atoms with van der Waals surface area (Å²) in [6, 6.07) is 18.9. The summed E-state index contributed by atoms with van der Waals surface area (Å²) in [5, 5.41) is 4.47. The predicted molar refractivity (Wildman–Crippen MR) is 86.9 cm³/mol. The average molecular weight is 288 g/mol. The molecule has 2 aromatic rings. The minimum atomic E-state index is 0.141. The molecule has 1 nitrogen and oxygen atoms in total. The molecule has 1 unspecified atom stereocenters. The van der Waals surface area contributed by atoms with E-state index in [2.05, 4.69) is 62.5 Å². The second kappa shape index (κ2) is 6.43. The van der Waals surface area contributed by atoms with Crippen LogP contribution in [0.1, 0.15) is 37.9 Å². The third-order valence-electron chi connectivity index (χ3n) is 3.45. The van der Waals surface area contributed by atoms with Crippen LogP contribution in [0.2, 0.25) is 5.02 Å². The second-order valence-corrected chi connectivity index (χ2v) is 6.59. The quantitative estimate of drug-likeness (QED) is 0.813. The largest absolute Gasteiger partial charge is 0.305 e. The minimum Gasteiger partial charge on any atom is -0.305 e. The third-order valence-corrected chi connectivity index (χ3v) is 3.82. The molecule has 0 saturated carbocycles. The Labute approximate surface area is 127 Å². The molecule has 0 aliphatic heterocycles. The van der Waals surface area contributed by atoms with E-state index < -0.39 is 0 Å². The maximum atomic E-state index is 6.23. The Bertz CT molecular complexity index is 543. The van der Waals surface area contributed by atoms with E-state index in [0.717, 1.165) is 17.1 Å². The molecule has 106 valence electrons. The highest BCUT2D eigenvalue weighted by molar-refractivity contribution is 6.31. The van der Waals surface area contributed by atoms with Crippen LogP contribution in [0.3, 0.4) is 0 Å². The van der Waals surface area contributed by atoms with Crippen LogP contribution in [0.4, 0.5) is 0 Å². The Balaban J connectivity index is 2.16. The normalized spacial score (nSPS) is 13.2. The number of rotatable bonds is 4. The first kappa shape index (κ1) is 15.1. The van der Waals surface area contributed by atoms with Crippen molar-refractivity contribution >= 4 is 11.6 Å². The van der Waals surface area contributed by atoms with Gasteiger partial charge in [-0.05, 0) is 22.6 Å². The lowest BCUT2D eigenvalue weighted by atomic mass is 9.82. The molecule has 1 N–H and O–H groups in total. The van der Waals surface area contributed by atoms with Gasteiger partial charge in [-0.15, -0.1) is 0 Å². The van der Waals surface area contributed by atoms with E-state index in [-0.39, 0.29) is 5.41 Å². The highest BCUT2D eigenvalue weighted by atomic mass is 35.5. The second-order valence-electron chi connectivity index (χ2n) is 6.18. The van der Waals surface area contributed by atoms with Crippen LogP contribution in [-0.4, -0.2) is 0 Å². The van der Waals surface area contributed by atoms with E-state index in [4.69, 9.17) is 11.6 Å². The zero-order chi connectivity index (χ0) is 14.6. The minimum absolute atomic E-state index is 0.141. The van der Waals surface area contributed by atoms with E-state index in [1.807, 2.05) is 18.2 Å². The fourth-order valence-corrected chi connectivity index (χ4v) is 2.63. The summed E-state index contributed by atoms with van der Waals surface area (Å²) in [5.41, 5.74) is 2.59. The summed E-state index contributed by atoms with van der Waals surface area (Å²) < 4.78 is 0. The molecule has 0 heterocycles. The summed E-state index contributed by atoms with van der Waals surface area (Å²) >= 11 is 6.23. The Hall–Kier alpha value is -1.31. The number of halogens is 1. The standard InChI is InChI=1S/C18H22ClN/c1-18(2,3)17(14-9-5-4-6-10-14)20-13-15-11-7-8-12-16(15)19/h4-12,17,20H,13H2,1-3H3. The molecule has 2 rings (SSSR count). The number of hydrogen-bond acceptors (Lipinski definition) is 1. The maximum absolute atomic E-state index is 6.23. The molecule has 0 aliphatic rings. The highest BCUT2D eigenvalue weighted by Crippen LogP contribution is 2.33. The number of nitrogens with one attached hydrogen (secondary N) is 1. The van der Waals surface area contributed by atoms with Crippen molar-refractivity contribution in [2.75, 3.05) is 0 Å². The Morgan fingerprint density at radius 1 is 0.950 bits per heavy atom. The van der Waals surface area contributed by atoms with Crippen molar-refractivity contribution in [3.8, 4) is 0 Å². The van der Waals surface area contributed by atoms with Gasteiger partial charge < -0.3 is 5.32 Å². The molecule has 1 atom stereocenters. The first-order valence-electron chi connectivity index (χ1n) is 7.00. The number of benzene rings is 2. The average Bonchev–Trinajstić information content (AvgIpc) is 2.41. The third kappa shape index (κ3) is 3.84. The molecule has 0 aliphatic carbocycles. The van der Waals surface area contributed by atoms with E-state index in [1.165, 1.54) is 5.56 Å². The monoisotopic (exact) mass is 287 g/mol. The van der Waals surface area contributed by atoms with Gasteiger partial charge in [0.05, 0.1) is 0 Å². The van der Waals surface area contributed by atoms with E-state index in [0.29, 0.717) is 6.04 Å². The van der Waals surface area contributed by atoms with Crippen molar-refractivity contribution in [3.05, 3.63) is 70.7 Å². The Kier molecular flexibility index (Phi) is 4.85. The fourth-order valence-electron chi connectivity index (χ4n) is 2.42. The molecule has 2 heteroatoms. The smallest absolute Gasteiger partial charge is 0.0450 e. The molecule has 0 radical (unpaired) electrons. The molecule has 0 aromatic heterocycles. The lowest BCUT2D eigenvalue weighted by molar-refractivity contribution is 0.271. The van der Waals surface area contributed by atoms with Gasteiger partial charge >= 0.3 is 0 Å². The lowest BCUT2D eigenvalue weighted by Gasteiger charge is -2.32. The summed E-state index contributed by atoms with van der Waals surface area (Å²) in [7, 11) is 0. The summed E-state index contributed by atoms with van der Waals surface area (Å²) in [6.07, 6.45) is 0. The van der Waals surface area contributed by atoms with Gasteiger partial charge in [-0.3, -0.25) is 0 Å². The van der Waals surface area contributed by atoms with Crippen molar-refractivity contribution in [3.63, 3.8) is 0 Å². The number of hydrogen-bond donors (Lipinski definition) is 1. The van der Waals surface area contributed by atoms with Gasteiger partial charge in [-0.2, -0.15) is 0 Å². The van der Waals surface area contributed by atoms with Crippen LogP contribution >= 0.6 is 11.6 Å². The maximum Gasteiger partial charge on any atom is 0.0450 e. The van der Waals surface area contributed by atoms with Crippen LogP contribution in [0.15, 0.2) is 54.6 Å². The molecule has 0 saturated heterocycles. The molecule has 0 spiro atoms. The van der Waals surface area contributed by atoms with Crippen molar-refractivity contribution in [2.45, 2.75) is 33.4 Å². The zero-order valence-corrected chi connectivity index (χ0v) is 13.1. The zero-order valence-electron chi connectivity index (χ0n) is 12.4. The van der Waals surface area contributed by atoms with Gasteiger partial charge in [-0.25, -0.2) is 0 Å². The summed E-state index contributed by atoms with van der Waals surface area (Å²) in [6.45, 7) is 7.54. The van der Waals surface area contributed by atoms with Gasteiger partial charge in [0.25, 0.3) is 0 Å². The highest BCUT2D eigenvalue weighted by Gasteiger charge is 2.25. The van der Waals surface area contributed by atoms with Gasteiger partial charge in [0.2, 0.25) is 0 Å².